The van der Waals surface area contributed by atoms with Crippen molar-refractivity contribution in [1.29, 1.82) is 0 Å². The molecule has 0 radical (unpaired) electrons. The normalized spacial score (nSPS) is 17.2. The Morgan fingerprint density at radius 2 is 1.69 bits per heavy atom. The molecule has 1 saturated carbocycles. The highest BCUT2D eigenvalue weighted by atomic mass is 15.2. The van der Waals surface area contributed by atoms with Gasteiger partial charge in [-0.2, -0.15) is 0 Å². The summed E-state index contributed by atoms with van der Waals surface area (Å²) in [4.78, 5) is 2.26. The number of nitrogens with zero attached hydrogens (tertiary/aromatic N) is 1. The van der Waals surface area contributed by atoms with E-state index in [9.17, 15) is 0 Å². The van der Waals surface area contributed by atoms with Crippen LogP contribution >= 0.6 is 0 Å². The first kappa shape index (κ1) is 10.4. The fourth-order valence-corrected chi connectivity index (χ4v) is 2.02. The molecule has 2 heteroatoms. The number of nitrogens with two attached hydrogens (primary N) is 1. The van der Waals surface area contributed by atoms with Gasteiger partial charge in [0.25, 0.3) is 0 Å². The standard InChI is InChI=1S/C11H22N2/c1-3-13(4-2)11(12)10-8-6-5-7-9-10/h3-9,12H2,1-2H3. The van der Waals surface area contributed by atoms with Crippen LogP contribution in [0.2, 0.25) is 0 Å². The fourth-order valence-electron chi connectivity index (χ4n) is 2.02. The second kappa shape index (κ2) is 5.15. The largest absolute Gasteiger partial charge is 0.385 e. The third-order valence-corrected chi connectivity index (χ3v) is 2.92. The van der Waals surface area contributed by atoms with Crippen LogP contribution in [-0.2, 0) is 0 Å². The number of rotatable bonds is 3. The van der Waals surface area contributed by atoms with E-state index in [-0.39, 0.29) is 0 Å². The second-order valence-corrected chi connectivity index (χ2v) is 3.72. The van der Waals surface area contributed by atoms with Gasteiger partial charge in [0.2, 0.25) is 0 Å². The Morgan fingerprint density at radius 3 is 2.15 bits per heavy atom. The molecule has 76 valence electrons. The van der Waals surface area contributed by atoms with Crippen molar-refractivity contribution in [2.75, 3.05) is 13.1 Å². The molecule has 2 nitrogen and oxygen atoms in total. The van der Waals surface area contributed by atoms with E-state index in [0.717, 1.165) is 18.9 Å². The molecular weight excluding hydrogens is 160 g/mol. The van der Waals surface area contributed by atoms with Gasteiger partial charge in [0.1, 0.15) is 0 Å². The minimum atomic E-state index is 1.03. The molecule has 0 aromatic heterocycles. The molecule has 0 amide bonds. The van der Waals surface area contributed by atoms with Crippen molar-refractivity contribution in [3.05, 3.63) is 11.4 Å². The minimum absolute atomic E-state index is 1.03. The molecule has 0 aromatic carbocycles. The average Bonchev–Trinajstić information content (AvgIpc) is 2.21. The lowest BCUT2D eigenvalue weighted by molar-refractivity contribution is 0.366. The summed E-state index contributed by atoms with van der Waals surface area (Å²) in [5.74, 6) is 1.06. The van der Waals surface area contributed by atoms with Crippen molar-refractivity contribution in [3.8, 4) is 0 Å². The highest BCUT2D eigenvalue weighted by Crippen LogP contribution is 2.25. The van der Waals surface area contributed by atoms with Crippen molar-refractivity contribution in [1.82, 2.24) is 4.90 Å². The van der Waals surface area contributed by atoms with Crippen LogP contribution in [0.4, 0.5) is 0 Å². The van der Waals surface area contributed by atoms with E-state index in [2.05, 4.69) is 18.7 Å². The summed E-state index contributed by atoms with van der Waals surface area (Å²) in [6.07, 6.45) is 6.49. The maximum Gasteiger partial charge on any atom is 0.0977 e. The maximum atomic E-state index is 6.12. The van der Waals surface area contributed by atoms with E-state index in [1.165, 1.54) is 37.7 Å². The Bertz CT molecular complexity index is 173. The van der Waals surface area contributed by atoms with Crippen LogP contribution in [0.1, 0.15) is 46.0 Å². The third-order valence-electron chi connectivity index (χ3n) is 2.92. The Labute approximate surface area is 81.8 Å². The molecule has 2 N–H and O–H groups in total. The lowest BCUT2D eigenvalue weighted by Gasteiger charge is -2.26. The molecule has 0 saturated heterocycles. The van der Waals surface area contributed by atoms with Crippen LogP contribution in [-0.4, -0.2) is 18.0 Å². The summed E-state index contributed by atoms with van der Waals surface area (Å²) >= 11 is 0. The lowest BCUT2D eigenvalue weighted by atomic mass is 9.94. The average molecular weight is 182 g/mol. The summed E-state index contributed by atoms with van der Waals surface area (Å²) in [5.41, 5.74) is 7.61. The van der Waals surface area contributed by atoms with Gasteiger partial charge in [0, 0.05) is 13.1 Å². The van der Waals surface area contributed by atoms with Crippen molar-refractivity contribution in [2.24, 2.45) is 5.73 Å². The predicted molar refractivity (Wildman–Crippen MR) is 57.2 cm³/mol. The molecule has 1 fully saturated rings. The molecule has 1 aliphatic rings. The van der Waals surface area contributed by atoms with Gasteiger partial charge >= 0.3 is 0 Å². The lowest BCUT2D eigenvalue weighted by Crippen LogP contribution is -2.29. The summed E-state index contributed by atoms with van der Waals surface area (Å²) in [7, 11) is 0. The van der Waals surface area contributed by atoms with E-state index in [0.29, 0.717) is 0 Å². The highest BCUT2D eigenvalue weighted by molar-refractivity contribution is 5.11. The Kier molecular flexibility index (Phi) is 4.13. The van der Waals surface area contributed by atoms with E-state index in [1.807, 2.05) is 0 Å². The van der Waals surface area contributed by atoms with Crippen LogP contribution < -0.4 is 5.73 Å². The first-order chi connectivity index (χ1) is 6.29. The summed E-state index contributed by atoms with van der Waals surface area (Å²) in [6, 6.07) is 0. The summed E-state index contributed by atoms with van der Waals surface area (Å²) in [6.45, 7) is 6.40. The number of hydrogen-bond donors (Lipinski definition) is 1. The van der Waals surface area contributed by atoms with Crippen molar-refractivity contribution >= 4 is 0 Å². The molecule has 0 spiro atoms. The monoisotopic (exact) mass is 182 g/mol. The molecule has 1 aliphatic carbocycles. The van der Waals surface area contributed by atoms with Gasteiger partial charge in [0.15, 0.2) is 0 Å². The first-order valence-electron chi connectivity index (χ1n) is 5.52. The molecule has 0 aliphatic heterocycles. The maximum absolute atomic E-state index is 6.12. The Morgan fingerprint density at radius 1 is 1.15 bits per heavy atom. The van der Waals surface area contributed by atoms with E-state index < -0.39 is 0 Å². The van der Waals surface area contributed by atoms with Crippen molar-refractivity contribution in [3.63, 3.8) is 0 Å². The van der Waals surface area contributed by atoms with Crippen LogP contribution in [0.15, 0.2) is 11.4 Å². The van der Waals surface area contributed by atoms with Crippen molar-refractivity contribution < 1.29 is 0 Å². The number of hydrogen-bond acceptors (Lipinski definition) is 2. The van der Waals surface area contributed by atoms with Gasteiger partial charge in [-0.05, 0) is 45.1 Å². The Balaban J connectivity index is 2.63. The van der Waals surface area contributed by atoms with Crippen LogP contribution in [0.3, 0.4) is 0 Å². The van der Waals surface area contributed by atoms with E-state index in [1.54, 1.807) is 0 Å². The second-order valence-electron chi connectivity index (χ2n) is 3.72. The van der Waals surface area contributed by atoms with Crippen molar-refractivity contribution in [2.45, 2.75) is 46.0 Å². The van der Waals surface area contributed by atoms with Crippen LogP contribution in [0.25, 0.3) is 0 Å². The zero-order valence-electron chi connectivity index (χ0n) is 8.97. The van der Waals surface area contributed by atoms with Crippen LogP contribution in [0, 0.1) is 0 Å². The van der Waals surface area contributed by atoms with Gasteiger partial charge in [-0.15, -0.1) is 0 Å². The predicted octanol–water partition coefficient (Wildman–Crippen LogP) is 2.46. The zero-order valence-corrected chi connectivity index (χ0v) is 8.97. The van der Waals surface area contributed by atoms with E-state index in [4.69, 9.17) is 5.73 Å². The molecular formula is C11H22N2. The number of allylic oxidation sites excluding steroid dienone is 1. The molecule has 13 heavy (non-hydrogen) atoms. The highest BCUT2D eigenvalue weighted by Gasteiger charge is 2.12. The minimum Gasteiger partial charge on any atom is -0.385 e. The zero-order chi connectivity index (χ0) is 9.68. The fraction of sp³-hybridized carbons (Fsp3) is 0.818. The summed E-state index contributed by atoms with van der Waals surface area (Å²) in [5, 5.41) is 0. The Hall–Kier alpha value is -0.660. The summed E-state index contributed by atoms with van der Waals surface area (Å²) < 4.78 is 0. The SMILES string of the molecule is CCN(CC)C(N)=C1CCCCC1. The topological polar surface area (TPSA) is 29.3 Å². The molecule has 0 heterocycles. The molecule has 0 atom stereocenters. The third kappa shape index (κ3) is 2.64. The van der Waals surface area contributed by atoms with Gasteiger partial charge < -0.3 is 10.6 Å². The molecule has 0 unspecified atom stereocenters. The molecule has 0 bridgehead atoms. The van der Waals surface area contributed by atoms with Gasteiger partial charge in [-0.1, -0.05) is 6.42 Å². The van der Waals surface area contributed by atoms with Gasteiger partial charge in [-0.25, -0.2) is 0 Å². The smallest absolute Gasteiger partial charge is 0.0977 e. The van der Waals surface area contributed by atoms with Crippen LogP contribution in [0.5, 0.6) is 0 Å². The first-order valence-corrected chi connectivity index (χ1v) is 5.52. The van der Waals surface area contributed by atoms with Gasteiger partial charge in [-0.3, -0.25) is 0 Å². The quantitative estimate of drug-likeness (QED) is 0.726. The van der Waals surface area contributed by atoms with Gasteiger partial charge in [0.05, 0.1) is 5.82 Å². The van der Waals surface area contributed by atoms with E-state index >= 15 is 0 Å². The molecule has 0 aromatic rings. The molecule has 1 rings (SSSR count).